The van der Waals surface area contributed by atoms with Crippen LogP contribution in [0.15, 0.2) is 47.6 Å². The normalized spacial score (nSPS) is 11.5. The van der Waals surface area contributed by atoms with Crippen LogP contribution >= 0.6 is 11.6 Å². The van der Waals surface area contributed by atoms with Crippen LogP contribution in [0.2, 0.25) is 5.02 Å². The topological polar surface area (TPSA) is 41.8 Å². The molecular weight excluding hydrogens is 293 g/mol. The smallest absolute Gasteiger partial charge is 0.131 e. The zero-order valence-corrected chi connectivity index (χ0v) is 12.3. The molecule has 0 aromatic heterocycles. The summed E-state index contributed by atoms with van der Waals surface area (Å²) in [5.41, 5.74) is 1.48. The molecule has 0 unspecified atom stereocenters. The maximum atomic E-state index is 13.7. The second kappa shape index (κ2) is 7.09. The van der Waals surface area contributed by atoms with Crippen LogP contribution < -0.4 is 4.74 Å². The fourth-order valence-corrected chi connectivity index (χ4v) is 2.18. The van der Waals surface area contributed by atoms with Gasteiger partial charge in [0.2, 0.25) is 0 Å². The van der Waals surface area contributed by atoms with Crippen molar-refractivity contribution in [1.82, 2.24) is 0 Å². The summed E-state index contributed by atoms with van der Waals surface area (Å²) >= 11 is 5.97. The van der Waals surface area contributed by atoms with E-state index in [9.17, 15) is 4.39 Å². The molecule has 0 aliphatic heterocycles. The van der Waals surface area contributed by atoms with Gasteiger partial charge in [0.1, 0.15) is 18.2 Å². The van der Waals surface area contributed by atoms with Crippen LogP contribution in [0.1, 0.15) is 24.5 Å². The van der Waals surface area contributed by atoms with E-state index in [0.717, 1.165) is 0 Å². The summed E-state index contributed by atoms with van der Waals surface area (Å²) in [4.78, 5) is 0. The van der Waals surface area contributed by atoms with E-state index in [2.05, 4.69) is 5.16 Å². The number of nitrogens with zero attached hydrogens (tertiary/aromatic N) is 1. The van der Waals surface area contributed by atoms with E-state index in [1.54, 1.807) is 30.3 Å². The van der Waals surface area contributed by atoms with Crippen LogP contribution in [-0.2, 0) is 6.61 Å². The van der Waals surface area contributed by atoms with Crippen molar-refractivity contribution in [2.24, 2.45) is 5.16 Å². The van der Waals surface area contributed by atoms with Gasteiger partial charge >= 0.3 is 0 Å². The molecule has 3 nitrogen and oxygen atoms in total. The van der Waals surface area contributed by atoms with Crippen LogP contribution in [0.5, 0.6) is 5.75 Å². The minimum atomic E-state index is -0.411. The molecule has 5 heteroatoms. The van der Waals surface area contributed by atoms with Gasteiger partial charge in [0, 0.05) is 11.1 Å². The molecule has 0 saturated carbocycles. The number of ether oxygens (including phenoxy) is 1. The molecule has 0 aliphatic carbocycles. The van der Waals surface area contributed by atoms with Gasteiger partial charge in [-0.25, -0.2) is 4.39 Å². The lowest BCUT2D eigenvalue weighted by Crippen LogP contribution is -2.05. The fraction of sp³-hybridized carbons (Fsp3) is 0.188. The molecule has 2 rings (SSSR count). The lowest BCUT2D eigenvalue weighted by atomic mass is 10.1. The van der Waals surface area contributed by atoms with Gasteiger partial charge in [0.25, 0.3) is 0 Å². The molecule has 0 heterocycles. The molecule has 0 aliphatic rings. The summed E-state index contributed by atoms with van der Waals surface area (Å²) in [5.74, 6) is 0.109. The minimum absolute atomic E-state index is 0.00490. The maximum absolute atomic E-state index is 13.7. The van der Waals surface area contributed by atoms with Gasteiger partial charge in [0.15, 0.2) is 0 Å². The van der Waals surface area contributed by atoms with Gasteiger partial charge in [-0.2, -0.15) is 0 Å². The van der Waals surface area contributed by atoms with Gasteiger partial charge < -0.3 is 9.94 Å². The Morgan fingerprint density at radius 1 is 1.24 bits per heavy atom. The van der Waals surface area contributed by atoms with Crippen LogP contribution in [0, 0.1) is 5.82 Å². The monoisotopic (exact) mass is 307 g/mol. The molecule has 0 bridgehead atoms. The molecule has 0 spiro atoms. The molecule has 0 saturated heterocycles. The number of hydrogen-bond donors (Lipinski definition) is 1. The zero-order chi connectivity index (χ0) is 15.2. The highest BCUT2D eigenvalue weighted by atomic mass is 35.5. The number of para-hydroxylation sites is 1. The predicted molar refractivity (Wildman–Crippen MR) is 80.8 cm³/mol. The first-order valence-electron chi connectivity index (χ1n) is 6.53. The summed E-state index contributed by atoms with van der Waals surface area (Å²) in [7, 11) is 0. The van der Waals surface area contributed by atoms with Crippen molar-refractivity contribution in [2.45, 2.75) is 20.0 Å². The highest BCUT2D eigenvalue weighted by Crippen LogP contribution is 2.24. The zero-order valence-electron chi connectivity index (χ0n) is 11.5. The third-order valence-electron chi connectivity index (χ3n) is 3.09. The predicted octanol–water partition coefficient (Wildman–Crippen LogP) is 4.65. The summed E-state index contributed by atoms with van der Waals surface area (Å²) in [6.07, 6.45) is 0.553. The van der Waals surface area contributed by atoms with Crippen molar-refractivity contribution in [1.29, 1.82) is 0 Å². The van der Waals surface area contributed by atoms with Crippen LogP contribution in [0.25, 0.3) is 0 Å². The first kappa shape index (κ1) is 15.3. The van der Waals surface area contributed by atoms with E-state index in [1.807, 2.05) is 13.0 Å². The molecule has 2 aromatic rings. The van der Waals surface area contributed by atoms with Crippen molar-refractivity contribution in [3.63, 3.8) is 0 Å². The van der Waals surface area contributed by atoms with Gasteiger partial charge in [-0.1, -0.05) is 41.9 Å². The Balaban J connectivity index is 2.25. The largest absolute Gasteiger partial charge is 0.488 e. The molecule has 21 heavy (non-hydrogen) atoms. The lowest BCUT2D eigenvalue weighted by Gasteiger charge is -2.12. The van der Waals surface area contributed by atoms with Crippen molar-refractivity contribution in [3.05, 3.63) is 64.4 Å². The van der Waals surface area contributed by atoms with Gasteiger partial charge in [0.05, 0.1) is 10.7 Å². The Hall–Kier alpha value is -2.07. The van der Waals surface area contributed by atoms with E-state index < -0.39 is 5.82 Å². The second-order valence-electron chi connectivity index (χ2n) is 4.39. The molecule has 0 radical (unpaired) electrons. The van der Waals surface area contributed by atoms with Crippen molar-refractivity contribution in [2.75, 3.05) is 0 Å². The van der Waals surface area contributed by atoms with Gasteiger partial charge in [-0.3, -0.25) is 0 Å². The van der Waals surface area contributed by atoms with E-state index in [1.165, 1.54) is 6.07 Å². The van der Waals surface area contributed by atoms with Crippen molar-refractivity contribution in [3.8, 4) is 5.75 Å². The molecule has 110 valence electrons. The molecule has 1 N–H and O–H groups in total. The fourth-order valence-electron chi connectivity index (χ4n) is 1.97. The third-order valence-corrected chi connectivity index (χ3v) is 3.44. The SMILES string of the molecule is CCC(=NO)c1ccccc1OCc1c(F)cccc1Cl. The summed E-state index contributed by atoms with van der Waals surface area (Å²) in [6, 6.07) is 11.6. The van der Waals surface area contributed by atoms with E-state index >= 15 is 0 Å². The molecule has 0 amide bonds. The van der Waals surface area contributed by atoms with Crippen LogP contribution in [0.3, 0.4) is 0 Å². The van der Waals surface area contributed by atoms with Crippen LogP contribution in [0.4, 0.5) is 4.39 Å². The quantitative estimate of drug-likeness (QED) is 0.496. The Kier molecular flexibility index (Phi) is 5.17. The molecule has 2 aromatic carbocycles. The van der Waals surface area contributed by atoms with Crippen molar-refractivity contribution >= 4 is 17.3 Å². The number of halogens is 2. The highest BCUT2D eigenvalue weighted by molar-refractivity contribution is 6.31. The summed E-state index contributed by atoms with van der Waals surface area (Å²) in [6.45, 7) is 1.88. The first-order chi connectivity index (χ1) is 10.2. The van der Waals surface area contributed by atoms with Gasteiger partial charge in [-0.15, -0.1) is 0 Å². The van der Waals surface area contributed by atoms with Crippen molar-refractivity contribution < 1.29 is 14.3 Å². The number of hydrogen-bond acceptors (Lipinski definition) is 3. The Morgan fingerprint density at radius 3 is 2.67 bits per heavy atom. The Labute approximate surface area is 127 Å². The minimum Gasteiger partial charge on any atom is -0.488 e. The first-order valence-corrected chi connectivity index (χ1v) is 6.91. The van der Waals surface area contributed by atoms with E-state index in [0.29, 0.717) is 34.0 Å². The van der Waals surface area contributed by atoms with Gasteiger partial charge in [-0.05, 0) is 30.7 Å². The lowest BCUT2D eigenvalue weighted by molar-refractivity contribution is 0.297. The molecule has 0 atom stereocenters. The number of benzene rings is 2. The van der Waals surface area contributed by atoms with Crippen LogP contribution in [-0.4, -0.2) is 10.9 Å². The second-order valence-corrected chi connectivity index (χ2v) is 4.79. The Morgan fingerprint density at radius 2 is 2.00 bits per heavy atom. The highest BCUT2D eigenvalue weighted by Gasteiger charge is 2.12. The van der Waals surface area contributed by atoms with E-state index in [4.69, 9.17) is 21.5 Å². The molecular formula is C16H15ClFNO2. The number of oxime groups is 1. The molecule has 0 fully saturated rings. The average molecular weight is 308 g/mol. The number of rotatable bonds is 5. The standard InChI is InChI=1S/C16H15ClFNO2/c1-2-15(19-20)11-6-3-4-9-16(11)21-10-12-13(17)7-5-8-14(12)18/h3-9,20H,2,10H2,1H3. The average Bonchev–Trinajstić information content (AvgIpc) is 2.49. The van der Waals surface area contributed by atoms with E-state index in [-0.39, 0.29) is 6.61 Å². The maximum Gasteiger partial charge on any atom is 0.131 e. The third kappa shape index (κ3) is 3.52. The summed E-state index contributed by atoms with van der Waals surface area (Å²) in [5, 5.41) is 12.6. The Bertz CT molecular complexity index is 638. The summed E-state index contributed by atoms with van der Waals surface area (Å²) < 4.78 is 19.4.